The zero-order valence-electron chi connectivity index (χ0n) is 12.3. The van der Waals surface area contributed by atoms with Gasteiger partial charge in [0.15, 0.2) is 0 Å². The van der Waals surface area contributed by atoms with Crippen molar-refractivity contribution in [3.63, 3.8) is 0 Å². The largest absolute Gasteiger partial charge is 0.393 e. The summed E-state index contributed by atoms with van der Waals surface area (Å²) in [7, 11) is 2.00. The van der Waals surface area contributed by atoms with Crippen LogP contribution in [0.25, 0.3) is 0 Å². The molecular weight excluding hydrogens is 299 g/mol. The predicted octanol–water partition coefficient (Wildman–Crippen LogP) is 2.45. The minimum Gasteiger partial charge on any atom is -0.304 e. The van der Waals surface area contributed by atoms with Crippen LogP contribution in [0.5, 0.6) is 0 Å². The molecule has 0 aliphatic carbocycles. The lowest BCUT2D eigenvalue weighted by atomic mass is 10.0. The summed E-state index contributed by atoms with van der Waals surface area (Å²) < 4.78 is 38.1. The molecule has 1 fully saturated rings. The lowest BCUT2D eigenvalue weighted by molar-refractivity contribution is -0.385. The van der Waals surface area contributed by atoms with Crippen LogP contribution in [0.2, 0.25) is 0 Å². The van der Waals surface area contributed by atoms with E-state index < -0.39 is 17.5 Å². The van der Waals surface area contributed by atoms with Crippen LogP contribution in [0.1, 0.15) is 11.1 Å². The third kappa shape index (κ3) is 4.67. The van der Waals surface area contributed by atoms with Gasteiger partial charge >= 0.3 is 6.18 Å². The van der Waals surface area contributed by atoms with E-state index in [-0.39, 0.29) is 11.3 Å². The Morgan fingerprint density at radius 1 is 1.18 bits per heavy atom. The number of piperazine rings is 1. The second-order valence-electron chi connectivity index (χ2n) is 5.58. The fourth-order valence-electron chi connectivity index (χ4n) is 2.51. The van der Waals surface area contributed by atoms with Crippen molar-refractivity contribution in [1.82, 2.24) is 9.80 Å². The minimum absolute atomic E-state index is 0.0133. The van der Waals surface area contributed by atoms with Crippen LogP contribution in [0.15, 0.2) is 18.2 Å². The third-order valence-electron chi connectivity index (χ3n) is 3.78. The van der Waals surface area contributed by atoms with Gasteiger partial charge in [0.05, 0.1) is 11.3 Å². The van der Waals surface area contributed by atoms with Crippen molar-refractivity contribution in [3.05, 3.63) is 39.4 Å². The van der Waals surface area contributed by atoms with E-state index in [4.69, 9.17) is 0 Å². The van der Waals surface area contributed by atoms with Crippen molar-refractivity contribution in [3.8, 4) is 0 Å². The molecule has 1 saturated heterocycles. The van der Waals surface area contributed by atoms with Gasteiger partial charge in [-0.3, -0.25) is 15.0 Å². The van der Waals surface area contributed by atoms with Gasteiger partial charge in [-0.25, -0.2) is 0 Å². The monoisotopic (exact) mass is 317 g/mol. The van der Waals surface area contributed by atoms with E-state index in [0.717, 1.165) is 32.2 Å². The molecule has 0 unspecified atom stereocenters. The predicted molar refractivity (Wildman–Crippen MR) is 75.6 cm³/mol. The van der Waals surface area contributed by atoms with Crippen LogP contribution in [0.4, 0.5) is 18.9 Å². The Kier molecular flexibility index (Phi) is 5.02. The molecule has 0 radical (unpaired) electrons. The van der Waals surface area contributed by atoms with Crippen LogP contribution in [-0.2, 0) is 13.0 Å². The van der Waals surface area contributed by atoms with Crippen LogP contribution >= 0.6 is 0 Å². The van der Waals surface area contributed by atoms with Crippen molar-refractivity contribution in [2.75, 3.05) is 33.2 Å². The SMILES string of the molecule is CN1CCN(Cc2ccc([N+](=O)[O-])cc2CC(F)(F)F)CC1. The first-order chi connectivity index (χ1) is 10.2. The third-order valence-corrected chi connectivity index (χ3v) is 3.78. The fourth-order valence-corrected chi connectivity index (χ4v) is 2.51. The summed E-state index contributed by atoms with van der Waals surface area (Å²) >= 11 is 0. The van der Waals surface area contributed by atoms with Gasteiger partial charge in [-0.05, 0) is 18.2 Å². The van der Waals surface area contributed by atoms with Crippen LogP contribution < -0.4 is 0 Å². The number of benzene rings is 1. The van der Waals surface area contributed by atoms with Gasteiger partial charge in [0, 0.05) is 44.9 Å². The number of rotatable bonds is 4. The number of alkyl halides is 3. The maximum Gasteiger partial charge on any atom is 0.393 e. The Labute approximate surface area is 126 Å². The summed E-state index contributed by atoms with van der Waals surface area (Å²) in [6.45, 7) is 3.66. The smallest absolute Gasteiger partial charge is 0.304 e. The molecule has 1 aromatic carbocycles. The van der Waals surface area contributed by atoms with Gasteiger partial charge in [-0.1, -0.05) is 6.07 Å². The summed E-state index contributed by atoms with van der Waals surface area (Å²) in [4.78, 5) is 14.3. The molecule has 0 saturated carbocycles. The lowest BCUT2D eigenvalue weighted by Gasteiger charge is -2.32. The molecular formula is C14H18F3N3O2. The molecule has 122 valence electrons. The molecule has 2 rings (SSSR count). The van der Waals surface area contributed by atoms with Crippen molar-refractivity contribution >= 4 is 5.69 Å². The number of hydrogen-bond acceptors (Lipinski definition) is 4. The van der Waals surface area contributed by atoms with E-state index in [2.05, 4.69) is 9.80 Å². The Balaban J connectivity index is 2.19. The number of likely N-dealkylation sites (N-methyl/N-ethyl adjacent to an activating group) is 1. The molecule has 1 heterocycles. The van der Waals surface area contributed by atoms with Crippen LogP contribution in [-0.4, -0.2) is 54.1 Å². The summed E-state index contributed by atoms with van der Waals surface area (Å²) in [5, 5.41) is 10.8. The Hall–Kier alpha value is -1.67. The molecule has 0 aromatic heterocycles. The molecule has 1 aliphatic rings. The second kappa shape index (κ2) is 6.62. The number of nitrogens with zero attached hydrogens (tertiary/aromatic N) is 3. The average molecular weight is 317 g/mol. The van der Waals surface area contributed by atoms with Crippen LogP contribution in [0.3, 0.4) is 0 Å². The van der Waals surface area contributed by atoms with Gasteiger partial charge < -0.3 is 4.90 Å². The van der Waals surface area contributed by atoms with E-state index in [1.165, 1.54) is 12.1 Å². The number of halogens is 3. The number of nitro benzene ring substituents is 1. The summed E-state index contributed by atoms with van der Waals surface area (Å²) in [5.41, 5.74) is 0.189. The van der Waals surface area contributed by atoms with Crippen molar-refractivity contribution < 1.29 is 18.1 Å². The van der Waals surface area contributed by atoms with Gasteiger partial charge in [-0.2, -0.15) is 13.2 Å². The maximum absolute atomic E-state index is 12.7. The molecule has 0 atom stereocenters. The maximum atomic E-state index is 12.7. The zero-order chi connectivity index (χ0) is 16.3. The Bertz CT molecular complexity index is 541. The number of nitro groups is 1. The standard InChI is InChI=1S/C14H18F3N3O2/c1-18-4-6-19(7-5-18)10-11-2-3-13(20(21)22)8-12(11)9-14(15,16)17/h2-3,8H,4-7,9-10H2,1H3. The first kappa shape index (κ1) is 16.7. The van der Waals surface area contributed by atoms with Crippen LogP contribution in [0, 0.1) is 10.1 Å². The van der Waals surface area contributed by atoms with E-state index in [0.29, 0.717) is 12.1 Å². The molecule has 1 aliphatic heterocycles. The van der Waals surface area contributed by atoms with Crippen molar-refractivity contribution in [1.29, 1.82) is 0 Å². The highest BCUT2D eigenvalue weighted by Crippen LogP contribution is 2.27. The quantitative estimate of drug-likeness (QED) is 0.632. The van der Waals surface area contributed by atoms with Crippen molar-refractivity contribution in [2.24, 2.45) is 0 Å². The highest BCUT2D eigenvalue weighted by molar-refractivity contribution is 5.40. The minimum atomic E-state index is -4.38. The molecule has 5 nitrogen and oxygen atoms in total. The highest BCUT2D eigenvalue weighted by Gasteiger charge is 2.30. The van der Waals surface area contributed by atoms with E-state index in [9.17, 15) is 23.3 Å². The van der Waals surface area contributed by atoms with E-state index in [1.807, 2.05) is 7.05 Å². The molecule has 0 N–H and O–H groups in total. The van der Waals surface area contributed by atoms with E-state index in [1.54, 1.807) is 0 Å². The first-order valence-corrected chi connectivity index (χ1v) is 6.98. The summed E-state index contributed by atoms with van der Waals surface area (Å²) in [6, 6.07) is 3.75. The average Bonchev–Trinajstić information content (AvgIpc) is 2.41. The second-order valence-corrected chi connectivity index (χ2v) is 5.58. The Morgan fingerprint density at radius 3 is 2.36 bits per heavy atom. The molecule has 1 aromatic rings. The molecule has 0 bridgehead atoms. The topological polar surface area (TPSA) is 49.6 Å². The van der Waals surface area contributed by atoms with E-state index >= 15 is 0 Å². The zero-order valence-corrected chi connectivity index (χ0v) is 12.3. The van der Waals surface area contributed by atoms with Gasteiger partial charge in [0.1, 0.15) is 0 Å². The fraction of sp³-hybridized carbons (Fsp3) is 0.571. The molecule has 0 amide bonds. The molecule has 0 spiro atoms. The van der Waals surface area contributed by atoms with Gasteiger partial charge in [-0.15, -0.1) is 0 Å². The van der Waals surface area contributed by atoms with Crippen molar-refractivity contribution in [2.45, 2.75) is 19.1 Å². The summed E-state index contributed by atoms with van der Waals surface area (Å²) in [6.07, 6.45) is -5.52. The Morgan fingerprint density at radius 2 is 1.82 bits per heavy atom. The normalized spacial score (nSPS) is 17.6. The number of hydrogen-bond donors (Lipinski definition) is 0. The number of non-ortho nitro benzene ring substituents is 1. The lowest BCUT2D eigenvalue weighted by Crippen LogP contribution is -2.44. The van der Waals surface area contributed by atoms with Gasteiger partial charge in [0.2, 0.25) is 0 Å². The highest BCUT2D eigenvalue weighted by atomic mass is 19.4. The molecule has 8 heteroatoms. The summed E-state index contributed by atoms with van der Waals surface area (Å²) in [5.74, 6) is 0. The molecule has 22 heavy (non-hydrogen) atoms. The first-order valence-electron chi connectivity index (χ1n) is 6.98. The van der Waals surface area contributed by atoms with Gasteiger partial charge in [0.25, 0.3) is 5.69 Å².